The van der Waals surface area contributed by atoms with Crippen LogP contribution in [-0.4, -0.2) is 60.6 Å². The van der Waals surface area contributed by atoms with E-state index in [4.69, 9.17) is 4.52 Å². The van der Waals surface area contributed by atoms with Gasteiger partial charge in [0.25, 0.3) is 0 Å². The van der Waals surface area contributed by atoms with Gasteiger partial charge in [0.15, 0.2) is 0 Å². The number of hydrogen-bond acceptors (Lipinski definition) is 5. The van der Waals surface area contributed by atoms with Gasteiger partial charge in [-0.2, -0.15) is 0 Å². The molecule has 1 aromatic rings. The number of carbonyl (C=O) groups is 1. The van der Waals surface area contributed by atoms with Crippen LogP contribution in [0.3, 0.4) is 0 Å². The normalized spacial score (nSPS) is 20.9. The van der Waals surface area contributed by atoms with Crippen molar-refractivity contribution in [3.63, 3.8) is 0 Å². The summed E-state index contributed by atoms with van der Waals surface area (Å²) in [4.78, 5) is 15.9. The third-order valence-electron chi connectivity index (χ3n) is 3.12. The highest BCUT2D eigenvalue weighted by molar-refractivity contribution is 5.81. The molecular weight excluding hydrogens is 232 g/mol. The second-order valence-corrected chi connectivity index (χ2v) is 4.85. The van der Waals surface area contributed by atoms with Crippen molar-refractivity contribution in [3.05, 3.63) is 17.5 Å². The van der Waals surface area contributed by atoms with Gasteiger partial charge in [-0.1, -0.05) is 5.16 Å². The third kappa shape index (κ3) is 2.88. The Balaban J connectivity index is 2.06. The molecule has 0 saturated carbocycles. The number of nitrogens with one attached hydrogen (secondary N) is 1. The fourth-order valence-corrected chi connectivity index (χ4v) is 2.18. The Hall–Kier alpha value is -1.40. The van der Waals surface area contributed by atoms with Crippen molar-refractivity contribution >= 4 is 5.91 Å². The Morgan fingerprint density at radius 3 is 3.06 bits per heavy atom. The summed E-state index contributed by atoms with van der Waals surface area (Å²) in [6.07, 6.45) is 0. The predicted molar refractivity (Wildman–Crippen MR) is 67.0 cm³/mol. The molecule has 18 heavy (non-hydrogen) atoms. The maximum atomic E-state index is 12.1. The average Bonchev–Trinajstić information content (AvgIpc) is 2.74. The Kier molecular flexibility index (Phi) is 3.98. The fraction of sp³-hybridized carbons (Fsp3) is 0.667. The number of amides is 1. The fourth-order valence-electron chi connectivity index (χ4n) is 2.18. The van der Waals surface area contributed by atoms with E-state index in [1.165, 1.54) is 0 Å². The largest absolute Gasteiger partial charge is 0.361 e. The molecule has 6 heteroatoms. The van der Waals surface area contributed by atoms with Crippen LogP contribution in [-0.2, 0) is 11.3 Å². The van der Waals surface area contributed by atoms with Crippen LogP contribution in [0.4, 0.5) is 0 Å². The van der Waals surface area contributed by atoms with Crippen LogP contribution in [0, 0.1) is 6.92 Å². The van der Waals surface area contributed by atoms with Gasteiger partial charge in [-0.25, -0.2) is 0 Å². The van der Waals surface area contributed by atoms with Crippen molar-refractivity contribution in [1.82, 2.24) is 20.3 Å². The summed E-state index contributed by atoms with van der Waals surface area (Å²) < 4.78 is 5.06. The van der Waals surface area contributed by atoms with Gasteiger partial charge < -0.3 is 14.7 Å². The van der Waals surface area contributed by atoms with Gasteiger partial charge >= 0.3 is 0 Å². The van der Waals surface area contributed by atoms with E-state index in [0.717, 1.165) is 24.5 Å². The number of likely N-dealkylation sites (N-methyl/N-ethyl adjacent to an activating group) is 1. The lowest BCUT2D eigenvalue weighted by Gasteiger charge is -2.35. The molecule has 1 aliphatic rings. The molecule has 0 aliphatic carbocycles. The van der Waals surface area contributed by atoms with Gasteiger partial charge in [0.2, 0.25) is 5.91 Å². The molecule has 1 aliphatic heterocycles. The highest BCUT2D eigenvalue weighted by Gasteiger charge is 2.30. The molecule has 1 unspecified atom stereocenters. The summed E-state index contributed by atoms with van der Waals surface area (Å²) in [5, 5.41) is 7.25. The average molecular weight is 252 g/mol. The van der Waals surface area contributed by atoms with Gasteiger partial charge in [0, 0.05) is 46.3 Å². The van der Waals surface area contributed by atoms with E-state index in [-0.39, 0.29) is 11.9 Å². The maximum absolute atomic E-state index is 12.1. The second-order valence-electron chi connectivity index (χ2n) is 4.85. The molecule has 1 fully saturated rings. The molecule has 0 aromatic carbocycles. The summed E-state index contributed by atoms with van der Waals surface area (Å²) in [7, 11) is 3.57. The number of nitrogens with zero attached hydrogens (tertiary/aromatic N) is 3. The van der Waals surface area contributed by atoms with E-state index in [1.54, 1.807) is 19.0 Å². The molecule has 0 radical (unpaired) electrons. The Morgan fingerprint density at radius 2 is 2.44 bits per heavy atom. The Bertz CT molecular complexity index is 416. The molecule has 2 rings (SSSR count). The standard InChI is InChI=1S/C12H20N4O2/c1-9-6-10(14-18-9)8-16-5-4-13-7-11(16)12(17)15(2)3/h6,11,13H,4-5,7-8H2,1-3H3. The summed E-state index contributed by atoms with van der Waals surface area (Å²) in [6.45, 7) is 4.96. The van der Waals surface area contributed by atoms with E-state index in [2.05, 4.69) is 15.4 Å². The summed E-state index contributed by atoms with van der Waals surface area (Å²) >= 11 is 0. The second kappa shape index (κ2) is 5.49. The summed E-state index contributed by atoms with van der Waals surface area (Å²) in [5.41, 5.74) is 0.881. The van der Waals surface area contributed by atoms with Crippen LogP contribution >= 0.6 is 0 Å². The number of aryl methyl sites for hydroxylation is 1. The topological polar surface area (TPSA) is 61.6 Å². The highest BCUT2D eigenvalue weighted by atomic mass is 16.5. The first-order chi connectivity index (χ1) is 8.58. The number of aromatic nitrogens is 1. The lowest BCUT2D eigenvalue weighted by molar-refractivity contribution is -0.135. The van der Waals surface area contributed by atoms with Crippen molar-refractivity contribution < 1.29 is 9.32 Å². The van der Waals surface area contributed by atoms with Crippen LogP contribution < -0.4 is 5.32 Å². The SMILES string of the molecule is Cc1cc(CN2CCNCC2C(=O)N(C)C)no1. The van der Waals surface area contributed by atoms with Crippen LogP contribution in [0.15, 0.2) is 10.6 Å². The highest BCUT2D eigenvalue weighted by Crippen LogP contribution is 2.12. The van der Waals surface area contributed by atoms with E-state index in [0.29, 0.717) is 13.1 Å². The smallest absolute Gasteiger partial charge is 0.240 e. The van der Waals surface area contributed by atoms with Crippen LogP contribution in [0.25, 0.3) is 0 Å². The van der Waals surface area contributed by atoms with E-state index >= 15 is 0 Å². The van der Waals surface area contributed by atoms with E-state index < -0.39 is 0 Å². The molecule has 1 saturated heterocycles. The first-order valence-corrected chi connectivity index (χ1v) is 6.16. The monoisotopic (exact) mass is 252 g/mol. The Labute approximate surface area is 107 Å². The number of rotatable bonds is 3. The molecular formula is C12H20N4O2. The van der Waals surface area contributed by atoms with Crippen molar-refractivity contribution in [2.45, 2.75) is 19.5 Å². The van der Waals surface area contributed by atoms with E-state index in [1.807, 2.05) is 13.0 Å². The molecule has 0 bridgehead atoms. The molecule has 100 valence electrons. The minimum absolute atomic E-state index is 0.120. The lowest BCUT2D eigenvalue weighted by atomic mass is 10.1. The zero-order chi connectivity index (χ0) is 13.1. The molecule has 2 heterocycles. The van der Waals surface area contributed by atoms with Crippen molar-refractivity contribution in [1.29, 1.82) is 0 Å². The number of carbonyl (C=O) groups excluding carboxylic acids is 1. The minimum atomic E-state index is -0.120. The molecule has 0 spiro atoms. The quantitative estimate of drug-likeness (QED) is 0.810. The maximum Gasteiger partial charge on any atom is 0.240 e. The van der Waals surface area contributed by atoms with Crippen molar-refractivity contribution in [3.8, 4) is 0 Å². The lowest BCUT2D eigenvalue weighted by Crippen LogP contribution is -2.57. The van der Waals surface area contributed by atoms with Crippen LogP contribution in [0.2, 0.25) is 0 Å². The third-order valence-corrected chi connectivity index (χ3v) is 3.12. The molecule has 1 amide bonds. The van der Waals surface area contributed by atoms with Gasteiger partial charge in [0.1, 0.15) is 11.8 Å². The Morgan fingerprint density at radius 1 is 1.67 bits per heavy atom. The number of piperazine rings is 1. The number of hydrogen-bond donors (Lipinski definition) is 1. The van der Waals surface area contributed by atoms with Crippen LogP contribution in [0.1, 0.15) is 11.5 Å². The van der Waals surface area contributed by atoms with Gasteiger partial charge in [0.05, 0.1) is 5.69 Å². The molecule has 6 nitrogen and oxygen atoms in total. The van der Waals surface area contributed by atoms with Crippen LogP contribution in [0.5, 0.6) is 0 Å². The van der Waals surface area contributed by atoms with E-state index in [9.17, 15) is 4.79 Å². The minimum Gasteiger partial charge on any atom is -0.361 e. The van der Waals surface area contributed by atoms with Gasteiger partial charge in [-0.3, -0.25) is 9.69 Å². The molecule has 1 atom stereocenters. The molecule has 1 N–H and O–H groups in total. The predicted octanol–water partition coefficient (Wildman–Crippen LogP) is -0.155. The van der Waals surface area contributed by atoms with Crippen molar-refractivity contribution in [2.24, 2.45) is 0 Å². The first kappa shape index (κ1) is 13.0. The zero-order valence-electron chi connectivity index (χ0n) is 11.1. The summed E-state index contributed by atoms with van der Waals surface area (Å²) in [6, 6.07) is 1.80. The summed E-state index contributed by atoms with van der Waals surface area (Å²) in [5.74, 6) is 0.929. The van der Waals surface area contributed by atoms with Gasteiger partial charge in [-0.15, -0.1) is 0 Å². The first-order valence-electron chi connectivity index (χ1n) is 6.16. The van der Waals surface area contributed by atoms with Gasteiger partial charge in [-0.05, 0) is 6.92 Å². The van der Waals surface area contributed by atoms with Crippen molar-refractivity contribution in [2.75, 3.05) is 33.7 Å². The molecule has 1 aromatic heterocycles. The zero-order valence-corrected chi connectivity index (χ0v) is 11.1.